The van der Waals surface area contributed by atoms with Gasteiger partial charge in [0.25, 0.3) is 0 Å². The van der Waals surface area contributed by atoms with Crippen molar-refractivity contribution in [3.8, 4) is 0 Å². The highest BCUT2D eigenvalue weighted by Gasteiger charge is 1.89. The maximum absolute atomic E-state index is 4.54. The number of rotatable bonds is 12. The zero-order valence-corrected chi connectivity index (χ0v) is 11.9. The maximum atomic E-state index is 4.54. The van der Waals surface area contributed by atoms with Crippen molar-refractivity contribution in [2.75, 3.05) is 0 Å². The first kappa shape index (κ1) is 17.0. The molecule has 0 N–H and O–H groups in total. The molecule has 0 bridgehead atoms. The lowest BCUT2D eigenvalue weighted by atomic mass is 10.1. The summed E-state index contributed by atoms with van der Waals surface area (Å²) in [6, 6.07) is 0. The minimum atomic E-state index is 1.19. The molecule has 0 spiro atoms. The molecule has 0 fully saturated rings. The van der Waals surface area contributed by atoms with Gasteiger partial charge in [0.05, 0.1) is 6.26 Å². The quantitative estimate of drug-likeness (QED) is 0.236. The smallest absolute Gasteiger partial charge is 0.121 e. The number of unbranched alkanes of at least 4 members (excludes halogenated alkanes) is 8. The molecular formula is C17H29O. The Hall–Kier alpha value is -0.980. The monoisotopic (exact) mass is 249 g/mol. The molecule has 0 atom stereocenters. The summed E-state index contributed by atoms with van der Waals surface area (Å²) >= 11 is 0. The number of hydrogen-bond acceptors (Lipinski definition) is 1. The van der Waals surface area contributed by atoms with Crippen molar-refractivity contribution >= 4 is 0 Å². The molecule has 0 aromatic heterocycles. The summed E-state index contributed by atoms with van der Waals surface area (Å²) in [5, 5.41) is 0. The summed E-state index contributed by atoms with van der Waals surface area (Å²) in [4.78, 5) is 0. The number of allylic oxidation sites excluding steroid dienone is 5. The largest absolute Gasteiger partial charge is 0.498 e. The van der Waals surface area contributed by atoms with Crippen molar-refractivity contribution in [1.82, 2.24) is 0 Å². The third-order valence-corrected chi connectivity index (χ3v) is 2.87. The van der Waals surface area contributed by atoms with Gasteiger partial charge in [0.2, 0.25) is 0 Å². The molecule has 1 radical (unpaired) electrons. The molecule has 0 amide bonds. The van der Waals surface area contributed by atoms with Gasteiger partial charge < -0.3 is 4.74 Å². The van der Waals surface area contributed by atoms with Gasteiger partial charge in [0.1, 0.15) is 7.11 Å². The van der Waals surface area contributed by atoms with Crippen LogP contribution in [0.2, 0.25) is 0 Å². The van der Waals surface area contributed by atoms with E-state index in [1.165, 1.54) is 57.8 Å². The number of hydrogen-bond donors (Lipinski definition) is 0. The van der Waals surface area contributed by atoms with Crippen LogP contribution < -0.4 is 0 Å². The molecule has 0 aliphatic carbocycles. The van der Waals surface area contributed by atoms with Crippen LogP contribution in [-0.4, -0.2) is 0 Å². The van der Waals surface area contributed by atoms with Crippen LogP contribution in [0.15, 0.2) is 36.6 Å². The zero-order valence-electron chi connectivity index (χ0n) is 11.9. The van der Waals surface area contributed by atoms with Gasteiger partial charge in [-0.15, -0.1) is 0 Å². The normalized spacial score (nSPS) is 12.1. The summed E-state index contributed by atoms with van der Waals surface area (Å²) in [7, 11) is 3.25. The minimum absolute atomic E-state index is 1.19. The van der Waals surface area contributed by atoms with Crippen LogP contribution in [0.4, 0.5) is 0 Å². The molecule has 0 saturated carbocycles. The summed E-state index contributed by atoms with van der Waals surface area (Å²) in [5.41, 5.74) is 0. The fraction of sp³-hybridized carbons (Fsp3) is 0.588. The Labute approximate surface area is 114 Å². The summed E-state index contributed by atoms with van der Waals surface area (Å²) in [5.74, 6) is 0. The topological polar surface area (TPSA) is 9.23 Å². The molecule has 0 aromatic rings. The van der Waals surface area contributed by atoms with E-state index in [4.69, 9.17) is 0 Å². The van der Waals surface area contributed by atoms with Gasteiger partial charge in [-0.05, 0) is 18.9 Å². The second-order valence-corrected chi connectivity index (χ2v) is 4.57. The third kappa shape index (κ3) is 15.0. The lowest BCUT2D eigenvalue weighted by Gasteiger charge is -1.99. The lowest BCUT2D eigenvalue weighted by molar-refractivity contribution is 0.394. The molecule has 0 saturated heterocycles. The van der Waals surface area contributed by atoms with E-state index in [1.54, 1.807) is 6.26 Å². The Bertz CT molecular complexity index is 226. The second kappa shape index (κ2) is 16.0. The first-order chi connectivity index (χ1) is 8.91. The molecule has 0 aromatic carbocycles. The van der Waals surface area contributed by atoms with E-state index in [9.17, 15) is 0 Å². The van der Waals surface area contributed by atoms with E-state index in [0.717, 1.165) is 0 Å². The summed E-state index contributed by atoms with van der Waals surface area (Å²) < 4.78 is 4.54. The summed E-state index contributed by atoms with van der Waals surface area (Å²) in [6.45, 7) is 2.27. The van der Waals surface area contributed by atoms with Crippen LogP contribution in [0.1, 0.15) is 64.7 Å². The van der Waals surface area contributed by atoms with Crippen LogP contribution in [0.5, 0.6) is 0 Å². The predicted molar refractivity (Wildman–Crippen MR) is 81.1 cm³/mol. The van der Waals surface area contributed by atoms with Crippen LogP contribution in [0, 0.1) is 7.11 Å². The molecule has 0 aliphatic rings. The molecule has 0 rings (SSSR count). The Morgan fingerprint density at radius 1 is 0.778 bits per heavy atom. The molecule has 0 aliphatic heterocycles. The first-order valence-corrected chi connectivity index (χ1v) is 7.31. The van der Waals surface area contributed by atoms with E-state index in [0.29, 0.717) is 0 Å². The average molecular weight is 249 g/mol. The van der Waals surface area contributed by atoms with Crippen LogP contribution in [0.25, 0.3) is 0 Å². The van der Waals surface area contributed by atoms with Crippen LogP contribution in [-0.2, 0) is 4.74 Å². The Morgan fingerprint density at radius 2 is 1.39 bits per heavy atom. The van der Waals surface area contributed by atoms with Crippen molar-refractivity contribution in [3.05, 3.63) is 43.8 Å². The Morgan fingerprint density at radius 3 is 2.06 bits per heavy atom. The molecule has 0 heterocycles. The maximum Gasteiger partial charge on any atom is 0.121 e. The molecule has 1 heteroatoms. The molecule has 1 nitrogen and oxygen atoms in total. The van der Waals surface area contributed by atoms with E-state index in [-0.39, 0.29) is 0 Å². The van der Waals surface area contributed by atoms with E-state index in [2.05, 4.69) is 30.9 Å². The van der Waals surface area contributed by atoms with Crippen LogP contribution in [0.3, 0.4) is 0 Å². The van der Waals surface area contributed by atoms with Gasteiger partial charge in [0, 0.05) is 0 Å². The van der Waals surface area contributed by atoms with Crippen molar-refractivity contribution in [1.29, 1.82) is 0 Å². The standard InChI is InChI=1S/C17H29O/c1-3-4-5-6-7-8-9-10-11-12-13-14-15-16-17-18-2/h12-17H,2-11H2,1H3/b13-12+,15-14+,17-16+. The highest BCUT2D eigenvalue weighted by atomic mass is 16.5. The Kier molecular flexibility index (Phi) is 15.1. The first-order valence-electron chi connectivity index (χ1n) is 7.31. The fourth-order valence-corrected chi connectivity index (χ4v) is 1.80. The van der Waals surface area contributed by atoms with Gasteiger partial charge in [-0.3, -0.25) is 0 Å². The highest BCUT2D eigenvalue weighted by molar-refractivity contribution is 5.09. The average Bonchev–Trinajstić information content (AvgIpc) is 2.39. The van der Waals surface area contributed by atoms with Gasteiger partial charge in [-0.2, -0.15) is 0 Å². The van der Waals surface area contributed by atoms with Crippen molar-refractivity contribution in [3.63, 3.8) is 0 Å². The van der Waals surface area contributed by atoms with Gasteiger partial charge in [-0.25, -0.2) is 0 Å². The highest BCUT2D eigenvalue weighted by Crippen LogP contribution is 2.09. The fourth-order valence-electron chi connectivity index (χ4n) is 1.80. The SMILES string of the molecule is [CH2]O/C=C/C=C/C=C/CCCCCCCCCC. The van der Waals surface area contributed by atoms with Gasteiger partial charge in [-0.1, -0.05) is 76.2 Å². The molecule has 18 heavy (non-hydrogen) atoms. The number of ether oxygens (including phenoxy) is 1. The molecule has 0 unspecified atom stereocenters. The second-order valence-electron chi connectivity index (χ2n) is 4.57. The zero-order chi connectivity index (χ0) is 13.3. The molecule has 103 valence electrons. The minimum Gasteiger partial charge on any atom is -0.498 e. The van der Waals surface area contributed by atoms with E-state index < -0.39 is 0 Å². The van der Waals surface area contributed by atoms with Crippen LogP contribution >= 0.6 is 0 Å². The third-order valence-electron chi connectivity index (χ3n) is 2.87. The summed E-state index contributed by atoms with van der Waals surface area (Å²) in [6.07, 6.45) is 23.9. The van der Waals surface area contributed by atoms with E-state index >= 15 is 0 Å². The van der Waals surface area contributed by atoms with Gasteiger partial charge >= 0.3 is 0 Å². The Balaban J connectivity index is 3.17. The molecular weight excluding hydrogens is 220 g/mol. The van der Waals surface area contributed by atoms with Crippen molar-refractivity contribution in [2.24, 2.45) is 0 Å². The predicted octanol–water partition coefficient (Wildman–Crippen LogP) is 5.95. The van der Waals surface area contributed by atoms with Crippen molar-refractivity contribution < 1.29 is 4.74 Å². The lowest BCUT2D eigenvalue weighted by Crippen LogP contribution is -1.79. The van der Waals surface area contributed by atoms with E-state index in [1.807, 2.05) is 18.2 Å². The van der Waals surface area contributed by atoms with Gasteiger partial charge in [0.15, 0.2) is 0 Å². The van der Waals surface area contributed by atoms with Crippen molar-refractivity contribution in [2.45, 2.75) is 64.7 Å².